The third-order valence-corrected chi connectivity index (χ3v) is 4.03. The number of benzene rings is 1. The summed E-state index contributed by atoms with van der Waals surface area (Å²) in [5.41, 5.74) is 1.00. The van der Waals surface area contributed by atoms with Crippen molar-refractivity contribution in [1.82, 2.24) is 10.2 Å². The van der Waals surface area contributed by atoms with Gasteiger partial charge in [0.05, 0.1) is 9.95 Å². The monoisotopic (exact) mass is 333 g/mol. The van der Waals surface area contributed by atoms with Crippen molar-refractivity contribution in [1.29, 1.82) is 0 Å². The molecule has 1 atom stereocenters. The average Bonchev–Trinajstić information content (AvgIpc) is 2.94. The molecule has 5 nitrogen and oxygen atoms in total. The molecular formula is C14H21Cl2N3O2. The molecule has 0 amide bonds. The third kappa shape index (κ3) is 4.81. The fourth-order valence-electron chi connectivity index (χ4n) is 2.63. The molecule has 0 saturated carbocycles. The van der Waals surface area contributed by atoms with Crippen LogP contribution in [0, 0.1) is 10.1 Å². The van der Waals surface area contributed by atoms with Crippen molar-refractivity contribution < 1.29 is 4.92 Å². The molecule has 1 aromatic rings. The highest BCUT2D eigenvalue weighted by Gasteiger charge is 2.22. The van der Waals surface area contributed by atoms with Crippen LogP contribution in [-0.2, 0) is 6.54 Å². The van der Waals surface area contributed by atoms with Gasteiger partial charge in [-0.3, -0.25) is 15.0 Å². The summed E-state index contributed by atoms with van der Waals surface area (Å²) in [6.45, 7) is 5.98. The second-order valence-electron chi connectivity index (χ2n) is 5.15. The number of hydrogen-bond donors (Lipinski definition) is 1. The van der Waals surface area contributed by atoms with Gasteiger partial charge >= 0.3 is 0 Å². The Bertz CT molecular complexity index is 479. The van der Waals surface area contributed by atoms with E-state index in [0.29, 0.717) is 11.1 Å². The Morgan fingerprint density at radius 3 is 2.81 bits per heavy atom. The molecule has 1 aliphatic rings. The number of rotatable bonds is 6. The summed E-state index contributed by atoms with van der Waals surface area (Å²) in [5, 5.41) is 14.6. The van der Waals surface area contributed by atoms with Crippen LogP contribution < -0.4 is 5.32 Å². The van der Waals surface area contributed by atoms with Gasteiger partial charge in [-0.2, -0.15) is 0 Å². The number of nitro benzene ring substituents is 1. The van der Waals surface area contributed by atoms with E-state index >= 15 is 0 Å². The normalized spacial score (nSPS) is 17.8. The zero-order chi connectivity index (χ0) is 14.5. The number of halogens is 2. The van der Waals surface area contributed by atoms with Crippen molar-refractivity contribution in [2.45, 2.75) is 32.4 Å². The number of nitro groups is 1. The predicted octanol–water partition coefficient (Wildman–Crippen LogP) is 3.24. The quantitative estimate of drug-likeness (QED) is 0.641. The van der Waals surface area contributed by atoms with Gasteiger partial charge in [0.1, 0.15) is 0 Å². The molecule has 1 unspecified atom stereocenters. The first kappa shape index (κ1) is 18.2. The SMILES string of the molecule is CCCN(Cc1ccc([N+](=O)[O-])cc1Cl)C1CCNC1.Cl. The van der Waals surface area contributed by atoms with Crippen molar-refractivity contribution in [3.63, 3.8) is 0 Å². The molecule has 7 heteroatoms. The molecule has 0 aromatic heterocycles. The van der Waals surface area contributed by atoms with E-state index in [1.807, 2.05) is 0 Å². The standard InChI is InChI=1S/C14H20ClN3O2.ClH/c1-2-7-17(13-5-6-16-9-13)10-11-3-4-12(18(19)20)8-14(11)15;/h3-4,8,13,16H,2,5-7,9-10H2,1H3;1H. The van der Waals surface area contributed by atoms with Crippen LogP contribution in [0.5, 0.6) is 0 Å². The molecule has 1 heterocycles. The topological polar surface area (TPSA) is 58.4 Å². The first-order chi connectivity index (χ1) is 9.61. The summed E-state index contributed by atoms with van der Waals surface area (Å²) in [6.07, 6.45) is 2.23. The van der Waals surface area contributed by atoms with Crippen molar-refractivity contribution in [3.05, 3.63) is 38.9 Å². The minimum absolute atomic E-state index is 0. The fraction of sp³-hybridized carbons (Fsp3) is 0.571. The lowest BCUT2D eigenvalue weighted by molar-refractivity contribution is -0.384. The van der Waals surface area contributed by atoms with Gasteiger partial charge in [0.15, 0.2) is 0 Å². The van der Waals surface area contributed by atoms with Crippen LogP contribution in [0.2, 0.25) is 5.02 Å². The summed E-state index contributed by atoms with van der Waals surface area (Å²) in [6, 6.07) is 5.26. The van der Waals surface area contributed by atoms with Crippen LogP contribution in [-0.4, -0.2) is 35.5 Å². The van der Waals surface area contributed by atoms with Crippen LogP contribution in [0.4, 0.5) is 5.69 Å². The van der Waals surface area contributed by atoms with Gasteiger partial charge in [-0.05, 0) is 37.6 Å². The molecule has 1 aromatic carbocycles. The highest BCUT2D eigenvalue weighted by atomic mass is 35.5. The van der Waals surface area contributed by atoms with Crippen LogP contribution >= 0.6 is 24.0 Å². The number of nitrogens with zero attached hydrogens (tertiary/aromatic N) is 2. The van der Waals surface area contributed by atoms with Gasteiger partial charge in [0.25, 0.3) is 5.69 Å². The van der Waals surface area contributed by atoms with E-state index in [-0.39, 0.29) is 18.1 Å². The second-order valence-corrected chi connectivity index (χ2v) is 5.56. The zero-order valence-corrected chi connectivity index (χ0v) is 13.6. The molecule has 0 spiro atoms. The van der Waals surface area contributed by atoms with Crippen LogP contribution in [0.1, 0.15) is 25.3 Å². The maximum Gasteiger partial charge on any atom is 0.270 e. The van der Waals surface area contributed by atoms with Crippen LogP contribution in [0.3, 0.4) is 0 Å². The van der Waals surface area contributed by atoms with Gasteiger partial charge in [-0.25, -0.2) is 0 Å². The molecule has 21 heavy (non-hydrogen) atoms. The first-order valence-corrected chi connectivity index (χ1v) is 7.37. The minimum atomic E-state index is -0.416. The maximum absolute atomic E-state index is 10.7. The smallest absolute Gasteiger partial charge is 0.270 e. The van der Waals surface area contributed by atoms with E-state index in [4.69, 9.17) is 11.6 Å². The molecule has 1 N–H and O–H groups in total. The van der Waals surface area contributed by atoms with Gasteiger partial charge in [0, 0.05) is 31.3 Å². The lowest BCUT2D eigenvalue weighted by Gasteiger charge is -2.28. The lowest BCUT2D eigenvalue weighted by atomic mass is 10.1. The fourth-order valence-corrected chi connectivity index (χ4v) is 2.86. The maximum atomic E-state index is 10.7. The Morgan fingerprint density at radius 2 is 2.29 bits per heavy atom. The zero-order valence-electron chi connectivity index (χ0n) is 12.0. The molecular weight excluding hydrogens is 313 g/mol. The second kappa shape index (κ2) is 8.54. The van der Waals surface area contributed by atoms with E-state index < -0.39 is 4.92 Å². The largest absolute Gasteiger partial charge is 0.315 e. The first-order valence-electron chi connectivity index (χ1n) is 6.99. The minimum Gasteiger partial charge on any atom is -0.315 e. The lowest BCUT2D eigenvalue weighted by Crippen LogP contribution is -2.37. The number of non-ortho nitro benzene ring substituents is 1. The van der Waals surface area contributed by atoms with E-state index in [0.717, 1.165) is 44.6 Å². The van der Waals surface area contributed by atoms with Crippen molar-refractivity contribution in [2.24, 2.45) is 0 Å². The molecule has 1 fully saturated rings. The number of nitrogens with one attached hydrogen (secondary N) is 1. The highest BCUT2D eigenvalue weighted by Crippen LogP contribution is 2.25. The van der Waals surface area contributed by atoms with Crippen molar-refractivity contribution in [2.75, 3.05) is 19.6 Å². The molecule has 2 rings (SSSR count). The summed E-state index contributed by atoms with van der Waals surface area (Å²) in [5.74, 6) is 0. The Balaban J connectivity index is 0.00000220. The van der Waals surface area contributed by atoms with E-state index in [1.165, 1.54) is 12.1 Å². The summed E-state index contributed by atoms with van der Waals surface area (Å²) in [7, 11) is 0. The van der Waals surface area contributed by atoms with Crippen molar-refractivity contribution in [3.8, 4) is 0 Å². The Kier molecular flexibility index (Phi) is 7.39. The molecule has 1 aliphatic heterocycles. The Labute approximate surface area is 136 Å². The Hall–Kier alpha value is -0.880. The van der Waals surface area contributed by atoms with E-state index in [9.17, 15) is 10.1 Å². The van der Waals surface area contributed by atoms with Crippen LogP contribution in [0.25, 0.3) is 0 Å². The van der Waals surface area contributed by atoms with Gasteiger partial charge < -0.3 is 5.32 Å². The third-order valence-electron chi connectivity index (χ3n) is 3.68. The van der Waals surface area contributed by atoms with E-state index in [1.54, 1.807) is 6.07 Å². The van der Waals surface area contributed by atoms with E-state index in [2.05, 4.69) is 17.1 Å². The Morgan fingerprint density at radius 1 is 1.52 bits per heavy atom. The molecule has 0 radical (unpaired) electrons. The van der Waals surface area contributed by atoms with Gasteiger partial charge in [-0.15, -0.1) is 12.4 Å². The summed E-state index contributed by atoms with van der Waals surface area (Å²) < 4.78 is 0. The van der Waals surface area contributed by atoms with Crippen LogP contribution in [0.15, 0.2) is 18.2 Å². The number of hydrogen-bond acceptors (Lipinski definition) is 4. The predicted molar refractivity (Wildman–Crippen MR) is 87.3 cm³/mol. The average molecular weight is 334 g/mol. The summed E-state index contributed by atoms with van der Waals surface area (Å²) in [4.78, 5) is 12.7. The molecule has 0 aliphatic carbocycles. The molecule has 0 bridgehead atoms. The van der Waals surface area contributed by atoms with Gasteiger partial charge in [0.2, 0.25) is 0 Å². The molecule has 1 saturated heterocycles. The van der Waals surface area contributed by atoms with Crippen molar-refractivity contribution >= 4 is 29.7 Å². The highest BCUT2D eigenvalue weighted by molar-refractivity contribution is 6.31. The van der Waals surface area contributed by atoms with Gasteiger partial charge in [-0.1, -0.05) is 18.5 Å². The summed E-state index contributed by atoms with van der Waals surface area (Å²) >= 11 is 6.18. The molecule has 118 valence electrons.